The standard InChI is InChI=1S/C14H21NO2/c1-4-5-6-10-15-11-12-8-7-9-13(16-2)14(12)17-3/h4-5,7-9,15H,6,10-11H2,1-3H3/b5-4+. The lowest BCUT2D eigenvalue weighted by molar-refractivity contribution is 0.350. The van der Waals surface area contributed by atoms with Crippen LogP contribution in [0, 0.1) is 0 Å². The van der Waals surface area contributed by atoms with Crippen molar-refractivity contribution in [3.8, 4) is 11.5 Å². The molecule has 0 saturated heterocycles. The van der Waals surface area contributed by atoms with E-state index in [2.05, 4.69) is 17.5 Å². The molecule has 17 heavy (non-hydrogen) atoms. The Bertz CT molecular complexity index is 361. The maximum absolute atomic E-state index is 5.37. The molecule has 0 radical (unpaired) electrons. The van der Waals surface area contributed by atoms with Gasteiger partial charge in [-0.1, -0.05) is 24.3 Å². The third kappa shape index (κ3) is 4.11. The normalized spacial score (nSPS) is 10.8. The van der Waals surface area contributed by atoms with E-state index in [1.54, 1.807) is 14.2 Å². The molecule has 0 heterocycles. The number of rotatable bonds is 7. The highest BCUT2D eigenvalue weighted by atomic mass is 16.5. The topological polar surface area (TPSA) is 30.5 Å². The average molecular weight is 235 g/mol. The molecule has 3 heteroatoms. The lowest BCUT2D eigenvalue weighted by atomic mass is 10.2. The lowest BCUT2D eigenvalue weighted by Crippen LogP contribution is -2.14. The SMILES string of the molecule is C/C=C/CCNCc1cccc(OC)c1OC. The van der Waals surface area contributed by atoms with Gasteiger partial charge < -0.3 is 14.8 Å². The van der Waals surface area contributed by atoms with Gasteiger partial charge in [-0.3, -0.25) is 0 Å². The number of hydrogen-bond donors (Lipinski definition) is 1. The molecule has 1 rings (SSSR count). The van der Waals surface area contributed by atoms with Gasteiger partial charge in [-0.2, -0.15) is 0 Å². The van der Waals surface area contributed by atoms with Crippen LogP contribution in [0.1, 0.15) is 18.9 Å². The molecular formula is C14H21NO2. The van der Waals surface area contributed by atoms with Crippen LogP contribution in [0.25, 0.3) is 0 Å². The number of hydrogen-bond acceptors (Lipinski definition) is 3. The number of nitrogens with one attached hydrogen (secondary N) is 1. The average Bonchev–Trinajstić information content (AvgIpc) is 2.38. The molecule has 94 valence electrons. The van der Waals surface area contributed by atoms with Crippen molar-refractivity contribution in [3.63, 3.8) is 0 Å². The molecule has 0 saturated carbocycles. The Labute approximate surface area is 103 Å². The zero-order valence-corrected chi connectivity index (χ0v) is 10.8. The summed E-state index contributed by atoms with van der Waals surface area (Å²) in [5.74, 6) is 1.59. The second-order valence-electron chi connectivity index (χ2n) is 3.69. The van der Waals surface area contributed by atoms with Gasteiger partial charge in [-0.05, 0) is 26.0 Å². The van der Waals surface area contributed by atoms with E-state index in [-0.39, 0.29) is 0 Å². The molecule has 3 nitrogen and oxygen atoms in total. The zero-order valence-electron chi connectivity index (χ0n) is 10.8. The summed E-state index contributed by atoms with van der Waals surface area (Å²) >= 11 is 0. The van der Waals surface area contributed by atoms with E-state index in [9.17, 15) is 0 Å². The Morgan fingerprint density at radius 3 is 2.71 bits per heavy atom. The van der Waals surface area contributed by atoms with Crippen LogP contribution >= 0.6 is 0 Å². The first-order chi connectivity index (χ1) is 8.33. The van der Waals surface area contributed by atoms with Crippen LogP contribution in [0.5, 0.6) is 11.5 Å². The van der Waals surface area contributed by atoms with E-state index >= 15 is 0 Å². The van der Waals surface area contributed by atoms with E-state index in [1.165, 1.54) is 0 Å². The molecule has 1 N–H and O–H groups in total. The first-order valence-corrected chi connectivity index (χ1v) is 5.85. The Hall–Kier alpha value is -1.48. The summed E-state index contributed by atoms with van der Waals surface area (Å²) in [7, 11) is 3.32. The number of para-hydroxylation sites is 1. The Morgan fingerprint density at radius 1 is 1.24 bits per heavy atom. The minimum absolute atomic E-state index is 0.778. The van der Waals surface area contributed by atoms with Crippen LogP contribution in [0.4, 0.5) is 0 Å². The second-order valence-corrected chi connectivity index (χ2v) is 3.69. The van der Waals surface area contributed by atoms with E-state index in [4.69, 9.17) is 9.47 Å². The molecule has 1 aromatic carbocycles. The number of methoxy groups -OCH3 is 2. The van der Waals surface area contributed by atoms with Crippen LogP contribution in [-0.4, -0.2) is 20.8 Å². The molecule has 0 unspecified atom stereocenters. The third-order valence-corrected chi connectivity index (χ3v) is 2.52. The summed E-state index contributed by atoms with van der Waals surface area (Å²) in [4.78, 5) is 0. The van der Waals surface area contributed by atoms with Gasteiger partial charge in [0.15, 0.2) is 11.5 Å². The van der Waals surface area contributed by atoms with Gasteiger partial charge in [0.25, 0.3) is 0 Å². The fourth-order valence-electron chi connectivity index (χ4n) is 1.67. The fourth-order valence-corrected chi connectivity index (χ4v) is 1.67. The van der Waals surface area contributed by atoms with Crippen molar-refractivity contribution >= 4 is 0 Å². The van der Waals surface area contributed by atoms with Gasteiger partial charge in [-0.15, -0.1) is 0 Å². The number of allylic oxidation sites excluding steroid dienone is 1. The molecule has 0 atom stereocenters. The van der Waals surface area contributed by atoms with Gasteiger partial charge in [-0.25, -0.2) is 0 Å². The van der Waals surface area contributed by atoms with E-state index in [0.29, 0.717) is 0 Å². The van der Waals surface area contributed by atoms with Crippen LogP contribution < -0.4 is 14.8 Å². The fraction of sp³-hybridized carbons (Fsp3) is 0.429. The third-order valence-electron chi connectivity index (χ3n) is 2.52. The van der Waals surface area contributed by atoms with Crippen molar-refractivity contribution in [1.29, 1.82) is 0 Å². The summed E-state index contributed by atoms with van der Waals surface area (Å²) in [6.45, 7) is 3.79. The molecule has 0 bridgehead atoms. The van der Waals surface area contributed by atoms with Crippen molar-refractivity contribution < 1.29 is 9.47 Å². The quantitative estimate of drug-likeness (QED) is 0.582. The summed E-state index contributed by atoms with van der Waals surface area (Å²) in [6, 6.07) is 5.93. The second kappa shape index (κ2) is 7.74. The molecular weight excluding hydrogens is 214 g/mol. The van der Waals surface area contributed by atoms with Crippen molar-refractivity contribution in [2.24, 2.45) is 0 Å². The van der Waals surface area contributed by atoms with Crippen LogP contribution in [0.3, 0.4) is 0 Å². The summed E-state index contributed by atoms with van der Waals surface area (Å²) in [5, 5.41) is 3.38. The Kier molecular flexibility index (Phi) is 6.18. The first-order valence-electron chi connectivity index (χ1n) is 5.85. The van der Waals surface area contributed by atoms with Gasteiger partial charge in [0, 0.05) is 12.1 Å². The Morgan fingerprint density at radius 2 is 2.06 bits per heavy atom. The molecule has 0 aromatic heterocycles. The minimum Gasteiger partial charge on any atom is -0.493 e. The maximum Gasteiger partial charge on any atom is 0.165 e. The largest absolute Gasteiger partial charge is 0.493 e. The lowest BCUT2D eigenvalue weighted by Gasteiger charge is -2.12. The van der Waals surface area contributed by atoms with Crippen molar-refractivity contribution in [2.45, 2.75) is 19.9 Å². The monoisotopic (exact) mass is 235 g/mol. The molecule has 0 aliphatic carbocycles. The predicted octanol–water partition coefficient (Wildman–Crippen LogP) is 2.76. The molecule has 0 aliphatic heterocycles. The number of benzene rings is 1. The zero-order chi connectivity index (χ0) is 12.5. The van der Waals surface area contributed by atoms with Gasteiger partial charge >= 0.3 is 0 Å². The van der Waals surface area contributed by atoms with Crippen LogP contribution in [0.15, 0.2) is 30.4 Å². The number of ether oxygens (including phenoxy) is 2. The van der Waals surface area contributed by atoms with E-state index in [0.717, 1.165) is 36.6 Å². The van der Waals surface area contributed by atoms with E-state index in [1.807, 2.05) is 25.1 Å². The van der Waals surface area contributed by atoms with E-state index < -0.39 is 0 Å². The highest BCUT2D eigenvalue weighted by molar-refractivity contribution is 5.46. The van der Waals surface area contributed by atoms with Crippen molar-refractivity contribution in [2.75, 3.05) is 20.8 Å². The smallest absolute Gasteiger partial charge is 0.165 e. The van der Waals surface area contributed by atoms with Crippen LogP contribution in [0.2, 0.25) is 0 Å². The molecule has 1 aromatic rings. The predicted molar refractivity (Wildman–Crippen MR) is 70.7 cm³/mol. The highest BCUT2D eigenvalue weighted by Gasteiger charge is 2.08. The summed E-state index contributed by atoms with van der Waals surface area (Å²) < 4.78 is 10.6. The highest BCUT2D eigenvalue weighted by Crippen LogP contribution is 2.30. The molecule has 0 fully saturated rings. The van der Waals surface area contributed by atoms with Gasteiger partial charge in [0.05, 0.1) is 14.2 Å². The first kappa shape index (κ1) is 13.6. The van der Waals surface area contributed by atoms with Crippen molar-refractivity contribution in [3.05, 3.63) is 35.9 Å². The summed E-state index contributed by atoms with van der Waals surface area (Å²) in [5.41, 5.74) is 1.12. The Balaban J connectivity index is 2.57. The molecule has 0 aliphatic rings. The van der Waals surface area contributed by atoms with Crippen LogP contribution in [-0.2, 0) is 6.54 Å². The van der Waals surface area contributed by atoms with Gasteiger partial charge in [0.2, 0.25) is 0 Å². The van der Waals surface area contributed by atoms with Crippen molar-refractivity contribution in [1.82, 2.24) is 5.32 Å². The van der Waals surface area contributed by atoms with Gasteiger partial charge in [0.1, 0.15) is 0 Å². The molecule has 0 spiro atoms. The molecule has 0 amide bonds. The summed E-state index contributed by atoms with van der Waals surface area (Å²) in [6.07, 6.45) is 5.26. The maximum atomic E-state index is 5.37. The minimum atomic E-state index is 0.778.